The van der Waals surface area contributed by atoms with Crippen LogP contribution in [0.15, 0.2) is 18.2 Å². The first-order valence-electron chi connectivity index (χ1n) is 7.20. The van der Waals surface area contributed by atoms with Gasteiger partial charge in [0.2, 0.25) is 0 Å². The summed E-state index contributed by atoms with van der Waals surface area (Å²) < 4.78 is 2.02. The molecule has 0 saturated carbocycles. The molecule has 1 aromatic heterocycles. The number of nitrogens with zero attached hydrogens (tertiary/aromatic N) is 3. The van der Waals surface area contributed by atoms with Crippen molar-refractivity contribution in [3.63, 3.8) is 0 Å². The zero-order valence-corrected chi connectivity index (χ0v) is 13.0. The molecule has 2 heterocycles. The van der Waals surface area contributed by atoms with Gasteiger partial charge in [-0.05, 0) is 43.9 Å². The summed E-state index contributed by atoms with van der Waals surface area (Å²) in [5.74, 6) is 1.08. The Hall–Kier alpha value is -1.48. The van der Waals surface area contributed by atoms with Crippen molar-refractivity contribution in [1.29, 1.82) is 0 Å². The van der Waals surface area contributed by atoms with Gasteiger partial charge in [0, 0.05) is 24.8 Å². The standard InChI is InChI=1S/C16H20ClN3/c1-4-14-12-6-5-9-20(16(12)18-19(14)3)15-8-7-11(2)10-13(15)17/h7-8,10H,4-6,9H2,1-3H3. The average molecular weight is 290 g/mol. The Morgan fingerprint density at radius 1 is 1.35 bits per heavy atom. The van der Waals surface area contributed by atoms with E-state index in [1.54, 1.807) is 0 Å². The van der Waals surface area contributed by atoms with E-state index in [0.29, 0.717) is 0 Å². The highest BCUT2D eigenvalue weighted by Crippen LogP contribution is 2.38. The molecule has 1 aliphatic heterocycles. The van der Waals surface area contributed by atoms with Crippen LogP contribution in [0.4, 0.5) is 11.5 Å². The molecule has 0 atom stereocenters. The zero-order valence-electron chi connectivity index (χ0n) is 12.3. The maximum Gasteiger partial charge on any atom is 0.158 e. The van der Waals surface area contributed by atoms with Crippen LogP contribution in [0.25, 0.3) is 0 Å². The predicted molar refractivity (Wildman–Crippen MR) is 84.1 cm³/mol. The molecule has 4 heteroatoms. The quantitative estimate of drug-likeness (QED) is 0.832. The first-order chi connectivity index (χ1) is 9.61. The molecule has 2 aromatic rings. The van der Waals surface area contributed by atoms with E-state index < -0.39 is 0 Å². The van der Waals surface area contributed by atoms with Gasteiger partial charge in [-0.1, -0.05) is 24.6 Å². The zero-order chi connectivity index (χ0) is 14.3. The molecule has 0 bridgehead atoms. The molecule has 0 spiro atoms. The molecular weight excluding hydrogens is 270 g/mol. The second-order valence-corrected chi connectivity index (χ2v) is 5.84. The minimum absolute atomic E-state index is 0.807. The third kappa shape index (κ3) is 2.10. The van der Waals surface area contributed by atoms with Crippen LogP contribution >= 0.6 is 11.6 Å². The summed E-state index contributed by atoms with van der Waals surface area (Å²) in [7, 11) is 2.03. The van der Waals surface area contributed by atoms with Crippen molar-refractivity contribution < 1.29 is 0 Å². The summed E-state index contributed by atoms with van der Waals surface area (Å²) >= 11 is 6.43. The first-order valence-corrected chi connectivity index (χ1v) is 7.58. The Morgan fingerprint density at radius 2 is 2.15 bits per heavy atom. The lowest BCUT2D eigenvalue weighted by Gasteiger charge is -2.28. The van der Waals surface area contributed by atoms with E-state index in [9.17, 15) is 0 Å². The van der Waals surface area contributed by atoms with Crippen LogP contribution < -0.4 is 4.90 Å². The molecule has 1 aliphatic rings. The number of anilines is 2. The SMILES string of the molecule is CCc1c2c(nn1C)N(c1ccc(C)cc1Cl)CCC2. The molecule has 0 fully saturated rings. The fourth-order valence-corrected chi connectivity index (χ4v) is 3.42. The van der Waals surface area contributed by atoms with Crippen molar-refractivity contribution in [2.24, 2.45) is 7.05 Å². The number of benzene rings is 1. The number of fused-ring (bicyclic) bond motifs is 1. The van der Waals surface area contributed by atoms with Gasteiger partial charge < -0.3 is 4.90 Å². The molecule has 1 aromatic carbocycles. The van der Waals surface area contributed by atoms with E-state index in [1.807, 2.05) is 17.8 Å². The van der Waals surface area contributed by atoms with Gasteiger partial charge in [-0.3, -0.25) is 4.68 Å². The van der Waals surface area contributed by atoms with Crippen LogP contribution in [0.1, 0.15) is 30.2 Å². The molecule has 106 valence electrons. The van der Waals surface area contributed by atoms with Crippen molar-refractivity contribution in [2.75, 3.05) is 11.4 Å². The molecule has 0 N–H and O–H groups in total. The van der Waals surface area contributed by atoms with Crippen LogP contribution in [-0.2, 0) is 19.9 Å². The number of rotatable bonds is 2. The molecule has 3 rings (SSSR count). The van der Waals surface area contributed by atoms with E-state index in [-0.39, 0.29) is 0 Å². The maximum absolute atomic E-state index is 6.43. The second kappa shape index (κ2) is 5.13. The molecule has 0 amide bonds. The normalized spacial score (nSPS) is 14.5. The van der Waals surface area contributed by atoms with Crippen LogP contribution in [0, 0.1) is 6.92 Å². The molecule has 0 saturated heterocycles. The first kappa shape index (κ1) is 13.5. The van der Waals surface area contributed by atoms with E-state index >= 15 is 0 Å². The molecule has 0 radical (unpaired) electrons. The summed E-state index contributed by atoms with van der Waals surface area (Å²) in [5, 5.41) is 5.53. The highest BCUT2D eigenvalue weighted by Gasteiger charge is 2.26. The molecule has 0 unspecified atom stereocenters. The molecular formula is C16H20ClN3. The number of aromatic nitrogens is 2. The van der Waals surface area contributed by atoms with Gasteiger partial charge in [-0.25, -0.2) is 0 Å². The van der Waals surface area contributed by atoms with E-state index in [1.165, 1.54) is 16.8 Å². The van der Waals surface area contributed by atoms with Crippen molar-refractivity contribution in [1.82, 2.24) is 9.78 Å². The highest BCUT2D eigenvalue weighted by molar-refractivity contribution is 6.33. The van der Waals surface area contributed by atoms with Gasteiger partial charge in [0.25, 0.3) is 0 Å². The Kier molecular flexibility index (Phi) is 3.47. The van der Waals surface area contributed by atoms with Crippen LogP contribution in [-0.4, -0.2) is 16.3 Å². The summed E-state index contributed by atoms with van der Waals surface area (Å²) in [6, 6.07) is 6.24. The van der Waals surface area contributed by atoms with Crippen molar-refractivity contribution in [3.05, 3.63) is 40.0 Å². The summed E-state index contributed by atoms with van der Waals surface area (Å²) in [4.78, 5) is 2.26. The molecule has 0 aliphatic carbocycles. The van der Waals surface area contributed by atoms with Crippen molar-refractivity contribution in [2.45, 2.75) is 33.1 Å². The minimum atomic E-state index is 0.807. The fraction of sp³-hybridized carbons (Fsp3) is 0.438. The second-order valence-electron chi connectivity index (χ2n) is 5.44. The fourth-order valence-electron chi connectivity index (χ4n) is 3.09. The number of halogens is 1. The third-order valence-electron chi connectivity index (χ3n) is 4.05. The summed E-state index contributed by atoms with van der Waals surface area (Å²) in [6.07, 6.45) is 3.29. The summed E-state index contributed by atoms with van der Waals surface area (Å²) in [6.45, 7) is 5.23. The van der Waals surface area contributed by atoms with Gasteiger partial charge in [-0.15, -0.1) is 0 Å². The van der Waals surface area contributed by atoms with Gasteiger partial charge in [-0.2, -0.15) is 5.10 Å². The highest BCUT2D eigenvalue weighted by atomic mass is 35.5. The Morgan fingerprint density at radius 3 is 2.85 bits per heavy atom. The summed E-state index contributed by atoms with van der Waals surface area (Å²) in [5.41, 5.74) is 4.98. The maximum atomic E-state index is 6.43. The van der Waals surface area contributed by atoms with E-state index in [0.717, 1.165) is 42.3 Å². The largest absolute Gasteiger partial charge is 0.323 e. The van der Waals surface area contributed by atoms with Gasteiger partial charge in [0.15, 0.2) is 5.82 Å². The van der Waals surface area contributed by atoms with Crippen LogP contribution in [0.2, 0.25) is 5.02 Å². The lowest BCUT2D eigenvalue weighted by atomic mass is 10.0. The van der Waals surface area contributed by atoms with E-state index in [2.05, 4.69) is 30.9 Å². The molecule has 20 heavy (non-hydrogen) atoms. The smallest absolute Gasteiger partial charge is 0.158 e. The monoisotopic (exact) mass is 289 g/mol. The predicted octanol–water partition coefficient (Wildman–Crippen LogP) is 4.03. The van der Waals surface area contributed by atoms with Gasteiger partial charge in [0.1, 0.15) is 0 Å². The van der Waals surface area contributed by atoms with Crippen LogP contribution in [0.3, 0.4) is 0 Å². The van der Waals surface area contributed by atoms with Gasteiger partial charge >= 0.3 is 0 Å². The number of aryl methyl sites for hydroxylation is 2. The number of hydrogen-bond acceptors (Lipinski definition) is 2. The lowest BCUT2D eigenvalue weighted by Crippen LogP contribution is -2.25. The Balaban J connectivity index is 2.10. The Bertz CT molecular complexity index is 645. The minimum Gasteiger partial charge on any atom is -0.323 e. The van der Waals surface area contributed by atoms with E-state index in [4.69, 9.17) is 16.7 Å². The average Bonchev–Trinajstić information content (AvgIpc) is 2.74. The Labute approximate surface area is 125 Å². The molecule has 3 nitrogen and oxygen atoms in total. The van der Waals surface area contributed by atoms with Crippen LogP contribution in [0.5, 0.6) is 0 Å². The topological polar surface area (TPSA) is 21.1 Å². The number of hydrogen-bond donors (Lipinski definition) is 0. The third-order valence-corrected chi connectivity index (χ3v) is 4.35. The lowest BCUT2D eigenvalue weighted by molar-refractivity contribution is 0.715. The van der Waals surface area contributed by atoms with Crippen molar-refractivity contribution in [3.8, 4) is 0 Å². The van der Waals surface area contributed by atoms with Gasteiger partial charge in [0.05, 0.1) is 10.7 Å². The van der Waals surface area contributed by atoms with Crippen molar-refractivity contribution >= 4 is 23.1 Å².